The third-order valence-corrected chi connectivity index (χ3v) is 5.83. The number of aromatic nitrogens is 2. The monoisotopic (exact) mass is 380 g/mol. The molecule has 4 rings (SSSR count). The number of aryl methyl sites for hydroxylation is 1. The fourth-order valence-corrected chi connectivity index (χ4v) is 4.04. The SMILES string of the molecule is COc1ccc(CCC(=O)N2CCC(c3ncc4c(n3)CCNC4)CC2)cc1. The number of hydrogen-bond donors (Lipinski definition) is 1. The van der Waals surface area contributed by atoms with Crippen LogP contribution in [0.3, 0.4) is 0 Å². The van der Waals surface area contributed by atoms with Crippen molar-refractivity contribution in [3.05, 3.63) is 53.1 Å². The maximum Gasteiger partial charge on any atom is 0.222 e. The van der Waals surface area contributed by atoms with E-state index in [0.717, 1.165) is 63.4 Å². The van der Waals surface area contributed by atoms with Crippen molar-refractivity contribution >= 4 is 5.91 Å². The molecule has 0 aliphatic carbocycles. The predicted molar refractivity (Wildman–Crippen MR) is 107 cm³/mol. The van der Waals surface area contributed by atoms with E-state index in [-0.39, 0.29) is 5.91 Å². The summed E-state index contributed by atoms with van der Waals surface area (Å²) in [6.45, 7) is 3.46. The van der Waals surface area contributed by atoms with Gasteiger partial charge in [0, 0.05) is 62.4 Å². The van der Waals surface area contributed by atoms with Gasteiger partial charge in [0.25, 0.3) is 0 Å². The number of hydrogen-bond acceptors (Lipinski definition) is 5. The fraction of sp³-hybridized carbons (Fsp3) is 0.500. The van der Waals surface area contributed by atoms with E-state index in [4.69, 9.17) is 9.72 Å². The Balaban J connectivity index is 1.28. The summed E-state index contributed by atoms with van der Waals surface area (Å²) in [7, 11) is 1.66. The van der Waals surface area contributed by atoms with Gasteiger partial charge in [-0.15, -0.1) is 0 Å². The third kappa shape index (κ3) is 4.33. The minimum Gasteiger partial charge on any atom is -0.497 e. The summed E-state index contributed by atoms with van der Waals surface area (Å²) in [5, 5.41) is 3.36. The average Bonchev–Trinajstić information content (AvgIpc) is 2.77. The number of piperidine rings is 1. The lowest BCUT2D eigenvalue weighted by Gasteiger charge is -2.31. The largest absolute Gasteiger partial charge is 0.497 e. The van der Waals surface area contributed by atoms with E-state index in [1.165, 1.54) is 16.8 Å². The number of fused-ring (bicyclic) bond motifs is 1. The van der Waals surface area contributed by atoms with Gasteiger partial charge in [-0.25, -0.2) is 9.97 Å². The zero-order chi connectivity index (χ0) is 19.3. The van der Waals surface area contributed by atoms with Crippen LogP contribution in [0.25, 0.3) is 0 Å². The molecule has 0 radical (unpaired) electrons. The van der Waals surface area contributed by atoms with Crippen LogP contribution in [-0.2, 0) is 24.2 Å². The summed E-state index contributed by atoms with van der Waals surface area (Å²) in [6.07, 6.45) is 6.18. The van der Waals surface area contributed by atoms with E-state index in [1.807, 2.05) is 35.4 Å². The second-order valence-corrected chi connectivity index (χ2v) is 7.63. The number of nitrogens with zero attached hydrogens (tertiary/aromatic N) is 3. The molecule has 0 saturated carbocycles. The molecule has 1 aromatic carbocycles. The van der Waals surface area contributed by atoms with Crippen LogP contribution >= 0.6 is 0 Å². The van der Waals surface area contributed by atoms with Crippen molar-refractivity contribution in [3.63, 3.8) is 0 Å². The van der Waals surface area contributed by atoms with Gasteiger partial charge in [0.1, 0.15) is 11.6 Å². The van der Waals surface area contributed by atoms with Crippen molar-refractivity contribution in [2.45, 2.75) is 44.6 Å². The molecule has 3 heterocycles. The Morgan fingerprint density at radius 3 is 2.79 bits per heavy atom. The Bertz CT molecular complexity index is 814. The van der Waals surface area contributed by atoms with Crippen LogP contribution in [0, 0.1) is 0 Å². The van der Waals surface area contributed by atoms with Crippen molar-refractivity contribution in [2.75, 3.05) is 26.7 Å². The fourth-order valence-electron chi connectivity index (χ4n) is 4.04. The van der Waals surface area contributed by atoms with E-state index in [9.17, 15) is 4.79 Å². The summed E-state index contributed by atoms with van der Waals surface area (Å²) in [6, 6.07) is 7.95. The number of likely N-dealkylation sites (tertiary alicyclic amines) is 1. The standard InChI is InChI=1S/C22H28N4O2/c1-28-19-5-2-16(3-6-19)4-7-21(27)26-12-9-17(10-13-26)22-24-15-18-14-23-11-8-20(18)25-22/h2-3,5-6,15,17,23H,4,7-14H2,1H3. The Labute approximate surface area is 166 Å². The molecule has 0 atom stereocenters. The molecule has 6 heteroatoms. The van der Waals surface area contributed by atoms with E-state index in [1.54, 1.807) is 7.11 Å². The van der Waals surface area contributed by atoms with Crippen LogP contribution in [0.2, 0.25) is 0 Å². The number of carbonyl (C=O) groups is 1. The van der Waals surface area contributed by atoms with Crippen molar-refractivity contribution in [1.82, 2.24) is 20.2 Å². The van der Waals surface area contributed by atoms with Crippen LogP contribution in [0.4, 0.5) is 0 Å². The molecular weight excluding hydrogens is 352 g/mol. The second-order valence-electron chi connectivity index (χ2n) is 7.63. The second kappa shape index (κ2) is 8.69. The number of methoxy groups -OCH3 is 1. The molecular formula is C22H28N4O2. The Morgan fingerprint density at radius 1 is 1.25 bits per heavy atom. The summed E-state index contributed by atoms with van der Waals surface area (Å²) in [5.74, 6) is 2.42. The minimum absolute atomic E-state index is 0.242. The number of amides is 1. The molecule has 0 spiro atoms. The Hall–Kier alpha value is -2.47. The van der Waals surface area contributed by atoms with Crippen molar-refractivity contribution in [3.8, 4) is 5.75 Å². The predicted octanol–water partition coefficient (Wildman–Crippen LogP) is 2.47. The number of ether oxygens (including phenoxy) is 1. The molecule has 1 N–H and O–H groups in total. The molecule has 148 valence electrons. The van der Waals surface area contributed by atoms with Crippen molar-refractivity contribution < 1.29 is 9.53 Å². The van der Waals surface area contributed by atoms with E-state index < -0.39 is 0 Å². The van der Waals surface area contributed by atoms with Crippen LogP contribution in [0.5, 0.6) is 5.75 Å². The zero-order valence-electron chi connectivity index (χ0n) is 16.5. The van der Waals surface area contributed by atoms with Crippen LogP contribution in [0.15, 0.2) is 30.5 Å². The lowest BCUT2D eigenvalue weighted by atomic mass is 9.95. The maximum absolute atomic E-state index is 12.6. The average molecular weight is 380 g/mol. The van der Waals surface area contributed by atoms with Gasteiger partial charge in [0.15, 0.2) is 0 Å². The zero-order valence-corrected chi connectivity index (χ0v) is 16.5. The topological polar surface area (TPSA) is 67.3 Å². The molecule has 1 saturated heterocycles. The Morgan fingerprint density at radius 2 is 2.04 bits per heavy atom. The maximum atomic E-state index is 12.6. The summed E-state index contributed by atoms with van der Waals surface area (Å²) < 4.78 is 5.18. The number of rotatable bonds is 5. The number of benzene rings is 1. The molecule has 0 unspecified atom stereocenters. The molecule has 2 aromatic rings. The molecule has 6 nitrogen and oxygen atoms in total. The van der Waals surface area contributed by atoms with E-state index >= 15 is 0 Å². The highest BCUT2D eigenvalue weighted by molar-refractivity contribution is 5.76. The molecule has 1 fully saturated rings. The quantitative estimate of drug-likeness (QED) is 0.863. The first kappa shape index (κ1) is 18.9. The minimum atomic E-state index is 0.242. The molecule has 1 amide bonds. The summed E-state index contributed by atoms with van der Waals surface area (Å²) in [5.41, 5.74) is 3.59. The molecule has 1 aromatic heterocycles. The normalized spacial score (nSPS) is 17.2. The molecule has 28 heavy (non-hydrogen) atoms. The van der Waals surface area contributed by atoms with Crippen LogP contribution in [0.1, 0.15) is 47.8 Å². The van der Waals surface area contributed by atoms with E-state index in [0.29, 0.717) is 12.3 Å². The van der Waals surface area contributed by atoms with Gasteiger partial charge in [-0.2, -0.15) is 0 Å². The number of nitrogens with one attached hydrogen (secondary N) is 1. The first-order chi connectivity index (χ1) is 13.7. The lowest BCUT2D eigenvalue weighted by Crippen LogP contribution is -2.38. The summed E-state index contributed by atoms with van der Waals surface area (Å²) in [4.78, 5) is 24.0. The van der Waals surface area contributed by atoms with Gasteiger partial charge in [0.05, 0.1) is 7.11 Å². The van der Waals surface area contributed by atoms with Crippen LogP contribution < -0.4 is 10.1 Å². The van der Waals surface area contributed by atoms with Gasteiger partial charge in [-0.1, -0.05) is 12.1 Å². The molecule has 0 bridgehead atoms. The third-order valence-electron chi connectivity index (χ3n) is 5.83. The van der Waals surface area contributed by atoms with Crippen molar-refractivity contribution in [1.29, 1.82) is 0 Å². The lowest BCUT2D eigenvalue weighted by molar-refractivity contribution is -0.132. The molecule has 2 aliphatic rings. The van der Waals surface area contributed by atoms with Gasteiger partial charge >= 0.3 is 0 Å². The van der Waals surface area contributed by atoms with Crippen LogP contribution in [-0.4, -0.2) is 47.5 Å². The van der Waals surface area contributed by atoms with Gasteiger partial charge < -0.3 is 15.0 Å². The highest BCUT2D eigenvalue weighted by Crippen LogP contribution is 2.27. The molecule has 2 aliphatic heterocycles. The van der Waals surface area contributed by atoms with Gasteiger partial charge in [0.2, 0.25) is 5.91 Å². The smallest absolute Gasteiger partial charge is 0.222 e. The van der Waals surface area contributed by atoms with Gasteiger partial charge in [-0.3, -0.25) is 4.79 Å². The van der Waals surface area contributed by atoms with E-state index in [2.05, 4.69) is 10.3 Å². The highest BCUT2D eigenvalue weighted by Gasteiger charge is 2.26. The first-order valence-corrected chi connectivity index (χ1v) is 10.2. The number of carbonyl (C=O) groups excluding carboxylic acids is 1. The van der Waals surface area contributed by atoms with Crippen molar-refractivity contribution in [2.24, 2.45) is 0 Å². The first-order valence-electron chi connectivity index (χ1n) is 10.2. The highest BCUT2D eigenvalue weighted by atomic mass is 16.5. The van der Waals surface area contributed by atoms with Gasteiger partial charge in [-0.05, 0) is 37.0 Å². The summed E-state index contributed by atoms with van der Waals surface area (Å²) >= 11 is 0. The Kier molecular flexibility index (Phi) is 5.86.